The van der Waals surface area contributed by atoms with Crippen LogP contribution in [0.25, 0.3) is 0 Å². The van der Waals surface area contributed by atoms with Crippen molar-refractivity contribution >= 4 is 26.0 Å². The molecule has 0 atom stereocenters. The third kappa shape index (κ3) is 2.96. The highest BCUT2D eigenvalue weighted by molar-refractivity contribution is 9.10. The van der Waals surface area contributed by atoms with Crippen LogP contribution in [-0.4, -0.2) is 50.8 Å². The summed E-state index contributed by atoms with van der Waals surface area (Å²) in [6.07, 6.45) is 0. The predicted molar refractivity (Wildman–Crippen MR) is 70.3 cm³/mol. The number of hydrogen-bond acceptors (Lipinski definition) is 3. The van der Waals surface area contributed by atoms with Crippen LogP contribution in [0, 0.1) is 11.6 Å². The third-order valence-electron chi connectivity index (χ3n) is 3.05. The molecule has 19 heavy (non-hydrogen) atoms. The van der Waals surface area contributed by atoms with Gasteiger partial charge in [-0.15, -0.1) is 0 Å². The first kappa shape index (κ1) is 14.8. The predicted octanol–water partition coefficient (Wildman–Crippen LogP) is 1.66. The number of halogens is 3. The van der Waals surface area contributed by atoms with Crippen molar-refractivity contribution in [1.29, 1.82) is 0 Å². The van der Waals surface area contributed by atoms with E-state index >= 15 is 0 Å². The third-order valence-corrected chi connectivity index (χ3v) is 5.91. The lowest BCUT2D eigenvalue weighted by atomic mass is 10.3. The molecule has 0 aromatic heterocycles. The standard InChI is InChI=1S/C11H13BrF2N2O2S/c1-15-2-4-16(5-3-15)19(17,18)11-7-10(14)9(13)6-8(11)12/h6-7H,2-5H2,1H3. The molecule has 0 spiro atoms. The number of nitrogens with zero attached hydrogens (tertiary/aromatic N) is 2. The first-order valence-electron chi connectivity index (χ1n) is 5.65. The molecule has 0 unspecified atom stereocenters. The lowest BCUT2D eigenvalue weighted by molar-refractivity contribution is 0.222. The van der Waals surface area contributed by atoms with Crippen molar-refractivity contribution in [3.05, 3.63) is 28.2 Å². The van der Waals surface area contributed by atoms with Crippen LogP contribution >= 0.6 is 15.9 Å². The van der Waals surface area contributed by atoms with E-state index in [9.17, 15) is 17.2 Å². The van der Waals surface area contributed by atoms with Gasteiger partial charge in [0.25, 0.3) is 0 Å². The summed E-state index contributed by atoms with van der Waals surface area (Å²) >= 11 is 2.97. The van der Waals surface area contributed by atoms with E-state index in [-0.39, 0.29) is 9.37 Å². The molecule has 1 aliphatic rings. The average molecular weight is 355 g/mol. The second kappa shape index (κ2) is 5.43. The van der Waals surface area contributed by atoms with Gasteiger partial charge in [0.1, 0.15) is 0 Å². The summed E-state index contributed by atoms with van der Waals surface area (Å²) < 4.78 is 52.3. The van der Waals surface area contributed by atoms with E-state index in [4.69, 9.17) is 0 Å². The topological polar surface area (TPSA) is 40.6 Å². The van der Waals surface area contributed by atoms with Crippen LogP contribution in [0.4, 0.5) is 8.78 Å². The van der Waals surface area contributed by atoms with Gasteiger partial charge in [0.2, 0.25) is 10.0 Å². The molecule has 1 aromatic rings. The van der Waals surface area contributed by atoms with Crippen LogP contribution in [0.15, 0.2) is 21.5 Å². The summed E-state index contributed by atoms with van der Waals surface area (Å²) in [5.41, 5.74) is 0. The zero-order valence-electron chi connectivity index (χ0n) is 10.2. The van der Waals surface area contributed by atoms with Crippen molar-refractivity contribution in [3.8, 4) is 0 Å². The molecule has 0 bridgehead atoms. The molecule has 1 saturated heterocycles. The second-order valence-electron chi connectivity index (χ2n) is 4.40. The van der Waals surface area contributed by atoms with Gasteiger partial charge >= 0.3 is 0 Å². The van der Waals surface area contributed by atoms with Gasteiger partial charge in [0.15, 0.2) is 11.6 Å². The average Bonchev–Trinajstić information content (AvgIpc) is 2.34. The van der Waals surface area contributed by atoms with Gasteiger partial charge in [0.05, 0.1) is 4.90 Å². The van der Waals surface area contributed by atoms with Crippen LogP contribution in [0.1, 0.15) is 0 Å². The summed E-state index contributed by atoms with van der Waals surface area (Å²) in [6, 6.07) is 1.55. The van der Waals surface area contributed by atoms with Gasteiger partial charge < -0.3 is 4.90 Å². The molecule has 1 heterocycles. The van der Waals surface area contributed by atoms with E-state index < -0.39 is 21.7 Å². The lowest BCUT2D eigenvalue weighted by Gasteiger charge is -2.31. The van der Waals surface area contributed by atoms with Gasteiger partial charge in [-0.2, -0.15) is 4.31 Å². The highest BCUT2D eigenvalue weighted by atomic mass is 79.9. The van der Waals surface area contributed by atoms with Gasteiger partial charge in [-0.3, -0.25) is 0 Å². The zero-order chi connectivity index (χ0) is 14.2. The second-order valence-corrected chi connectivity index (χ2v) is 7.16. The fraction of sp³-hybridized carbons (Fsp3) is 0.455. The summed E-state index contributed by atoms with van der Waals surface area (Å²) in [5.74, 6) is -2.25. The summed E-state index contributed by atoms with van der Waals surface area (Å²) in [6.45, 7) is 1.90. The van der Waals surface area contributed by atoms with E-state index in [1.165, 1.54) is 4.31 Å². The van der Waals surface area contributed by atoms with Crippen molar-refractivity contribution in [2.24, 2.45) is 0 Å². The van der Waals surface area contributed by atoms with Crippen LogP contribution in [-0.2, 0) is 10.0 Å². The molecular weight excluding hydrogens is 342 g/mol. The van der Waals surface area contributed by atoms with Crippen LogP contribution < -0.4 is 0 Å². The molecular formula is C11H13BrF2N2O2S. The van der Waals surface area contributed by atoms with Gasteiger partial charge in [-0.25, -0.2) is 17.2 Å². The van der Waals surface area contributed by atoms with E-state index in [1.54, 1.807) is 0 Å². The Balaban J connectivity index is 2.37. The lowest BCUT2D eigenvalue weighted by Crippen LogP contribution is -2.47. The minimum absolute atomic E-state index is 0.0327. The maximum atomic E-state index is 13.2. The Morgan fingerprint density at radius 1 is 1.11 bits per heavy atom. The maximum Gasteiger partial charge on any atom is 0.244 e. The van der Waals surface area contributed by atoms with Gasteiger partial charge in [0, 0.05) is 30.7 Å². The molecule has 1 aliphatic heterocycles. The van der Waals surface area contributed by atoms with Crippen molar-refractivity contribution in [1.82, 2.24) is 9.21 Å². The molecule has 8 heteroatoms. The Labute approximate surface area is 119 Å². The Hall–Kier alpha value is -0.570. The van der Waals surface area contributed by atoms with E-state index in [1.807, 2.05) is 11.9 Å². The van der Waals surface area contributed by atoms with Gasteiger partial charge in [-0.1, -0.05) is 0 Å². The maximum absolute atomic E-state index is 13.2. The number of likely N-dealkylation sites (N-methyl/N-ethyl adjacent to an activating group) is 1. The van der Waals surface area contributed by atoms with Crippen molar-refractivity contribution in [2.45, 2.75) is 4.90 Å². The molecule has 1 aromatic carbocycles. The number of sulfonamides is 1. The van der Waals surface area contributed by atoms with Crippen molar-refractivity contribution in [2.75, 3.05) is 33.2 Å². The largest absolute Gasteiger partial charge is 0.304 e. The molecule has 4 nitrogen and oxygen atoms in total. The van der Waals surface area contributed by atoms with Crippen LogP contribution in [0.3, 0.4) is 0 Å². The Morgan fingerprint density at radius 2 is 1.63 bits per heavy atom. The monoisotopic (exact) mass is 354 g/mol. The highest BCUT2D eigenvalue weighted by Gasteiger charge is 2.30. The molecule has 106 valence electrons. The number of piperazine rings is 1. The quantitative estimate of drug-likeness (QED) is 0.758. The molecule has 2 rings (SSSR count). The van der Waals surface area contributed by atoms with Crippen LogP contribution in [0.2, 0.25) is 0 Å². The SMILES string of the molecule is CN1CCN(S(=O)(=O)c2cc(F)c(F)cc2Br)CC1. The molecule has 0 amide bonds. The summed E-state index contributed by atoms with van der Waals surface area (Å²) in [7, 11) is -1.90. The normalized spacial score (nSPS) is 18.7. The zero-order valence-corrected chi connectivity index (χ0v) is 12.6. The number of rotatable bonds is 2. The molecule has 0 radical (unpaired) electrons. The number of hydrogen-bond donors (Lipinski definition) is 0. The first-order chi connectivity index (χ1) is 8.82. The molecule has 0 aliphatic carbocycles. The Morgan fingerprint density at radius 3 is 2.21 bits per heavy atom. The minimum atomic E-state index is -3.80. The van der Waals surface area contributed by atoms with Crippen LogP contribution in [0.5, 0.6) is 0 Å². The molecule has 1 fully saturated rings. The van der Waals surface area contributed by atoms with E-state index in [0.717, 1.165) is 6.07 Å². The first-order valence-corrected chi connectivity index (χ1v) is 7.89. The summed E-state index contributed by atoms with van der Waals surface area (Å²) in [5, 5.41) is 0. The Kier molecular flexibility index (Phi) is 4.24. The Bertz CT molecular complexity index is 587. The molecule has 0 saturated carbocycles. The smallest absolute Gasteiger partial charge is 0.244 e. The minimum Gasteiger partial charge on any atom is -0.304 e. The molecule has 0 N–H and O–H groups in total. The fourth-order valence-corrected chi connectivity index (χ4v) is 4.28. The van der Waals surface area contributed by atoms with E-state index in [0.29, 0.717) is 32.2 Å². The van der Waals surface area contributed by atoms with E-state index in [2.05, 4.69) is 15.9 Å². The van der Waals surface area contributed by atoms with Gasteiger partial charge in [-0.05, 0) is 35.1 Å². The fourth-order valence-electron chi connectivity index (χ4n) is 1.87. The summed E-state index contributed by atoms with van der Waals surface area (Å²) in [4.78, 5) is 1.77. The van der Waals surface area contributed by atoms with Crippen molar-refractivity contribution in [3.63, 3.8) is 0 Å². The highest BCUT2D eigenvalue weighted by Crippen LogP contribution is 2.28. The van der Waals surface area contributed by atoms with Crippen molar-refractivity contribution < 1.29 is 17.2 Å². The number of benzene rings is 1.